The summed E-state index contributed by atoms with van der Waals surface area (Å²) < 4.78 is 0. The topological polar surface area (TPSA) is 55.1 Å². The molecule has 0 spiro atoms. The maximum atomic E-state index is 11.8. The highest BCUT2D eigenvalue weighted by atomic mass is 32.1. The van der Waals surface area contributed by atoms with Crippen molar-refractivity contribution in [1.29, 1.82) is 0 Å². The van der Waals surface area contributed by atoms with E-state index in [1.54, 1.807) is 11.3 Å². The molecule has 3 nitrogen and oxygen atoms in total. The molecule has 0 aliphatic heterocycles. The molecule has 0 saturated heterocycles. The zero-order valence-corrected chi connectivity index (χ0v) is 9.08. The van der Waals surface area contributed by atoms with Crippen molar-refractivity contribution in [3.63, 3.8) is 0 Å². The third-order valence-corrected chi connectivity index (χ3v) is 3.51. The van der Waals surface area contributed by atoms with Crippen LogP contribution in [0.2, 0.25) is 0 Å². The molecule has 1 heterocycles. The summed E-state index contributed by atoms with van der Waals surface area (Å²) in [4.78, 5) is 12.1. The number of carbonyl (C=O) groups excluding carboxylic acids is 1. The Morgan fingerprint density at radius 3 is 2.79 bits per heavy atom. The predicted molar refractivity (Wildman–Crippen MR) is 61.4 cm³/mol. The Labute approximate surface area is 91.3 Å². The van der Waals surface area contributed by atoms with Gasteiger partial charge in [0, 0.05) is 5.38 Å². The highest BCUT2D eigenvalue weighted by Crippen LogP contribution is 2.46. The summed E-state index contributed by atoms with van der Waals surface area (Å²) in [5.74, 6) is -0.0663. The van der Waals surface area contributed by atoms with Crippen LogP contribution in [-0.4, -0.2) is 10.9 Å². The van der Waals surface area contributed by atoms with Gasteiger partial charge in [-0.15, -0.1) is 0 Å². The van der Waals surface area contributed by atoms with Gasteiger partial charge < -0.3 is 11.1 Å². The summed E-state index contributed by atoms with van der Waals surface area (Å²) in [7, 11) is 0. The fourth-order valence-electron chi connectivity index (χ4n) is 1.30. The lowest BCUT2D eigenvalue weighted by molar-refractivity contribution is -0.118. The van der Waals surface area contributed by atoms with Crippen molar-refractivity contribution in [3.8, 4) is 0 Å². The first-order valence-corrected chi connectivity index (χ1v) is 5.64. The fourth-order valence-corrected chi connectivity index (χ4v) is 2.18. The van der Waals surface area contributed by atoms with Crippen LogP contribution in [0.4, 0.5) is 5.69 Å². The molecular weight excluding hydrogens is 216 g/mol. The monoisotopic (exact) mass is 226 g/mol. The average molecular weight is 226 g/mol. The molecule has 3 N–H and O–H groups in total. The lowest BCUT2D eigenvalue weighted by atomic mass is 10.1. The molecule has 2 rings (SSSR count). The van der Waals surface area contributed by atoms with E-state index in [-0.39, 0.29) is 5.91 Å². The van der Waals surface area contributed by atoms with Crippen LogP contribution in [0.15, 0.2) is 16.8 Å². The van der Waals surface area contributed by atoms with Crippen molar-refractivity contribution >= 4 is 40.1 Å². The summed E-state index contributed by atoms with van der Waals surface area (Å²) in [5.41, 5.74) is 5.80. The van der Waals surface area contributed by atoms with E-state index in [2.05, 4.69) is 5.32 Å². The minimum atomic E-state index is -0.558. The van der Waals surface area contributed by atoms with Crippen LogP contribution in [0, 0.1) is 5.41 Å². The quantitative estimate of drug-likeness (QED) is 0.772. The van der Waals surface area contributed by atoms with E-state index >= 15 is 0 Å². The number of thiophene rings is 1. The maximum Gasteiger partial charge on any atom is 0.237 e. The lowest BCUT2D eigenvalue weighted by Gasteiger charge is -2.12. The molecule has 5 heteroatoms. The van der Waals surface area contributed by atoms with Crippen molar-refractivity contribution in [3.05, 3.63) is 16.8 Å². The van der Waals surface area contributed by atoms with Gasteiger partial charge in [-0.1, -0.05) is 12.2 Å². The molecule has 1 aliphatic carbocycles. The van der Waals surface area contributed by atoms with E-state index in [1.807, 2.05) is 16.8 Å². The molecule has 1 aromatic rings. The number of nitrogens with two attached hydrogens (primary N) is 1. The Bertz CT molecular complexity index is 368. The molecule has 0 aromatic carbocycles. The molecule has 1 aliphatic rings. The van der Waals surface area contributed by atoms with Crippen LogP contribution in [0.3, 0.4) is 0 Å². The number of carbonyl (C=O) groups is 1. The maximum absolute atomic E-state index is 11.8. The molecule has 1 aromatic heterocycles. The normalized spacial score (nSPS) is 17.4. The largest absolute Gasteiger partial charge is 0.392 e. The average Bonchev–Trinajstić information content (AvgIpc) is 2.81. The second-order valence-corrected chi connectivity index (χ2v) is 4.63. The van der Waals surface area contributed by atoms with Gasteiger partial charge in [-0.3, -0.25) is 4.79 Å². The van der Waals surface area contributed by atoms with Gasteiger partial charge in [0.05, 0.1) is 16.1 Å². The Balaban J connectivity index is 2.07. The number of nitrogens with one attached hydrogen (secondary N) is 1. The summed E-state index contributed by atoms with van der Waals surface area (Å²) >= 11 is 6.43. The lowest BCUT2D eigenvalue weighted by Crippen LogP contribution is -2.34. The van der Waals surface area contributed by atoms with E-state index in [1.165, 1.54) is 0 Å². The van der Waals surface area contributed by atoms with Crippen LogP contribution >= 0.6 is 23.6 Å². The molecule has 0 radical (unpaired) electrons. The third-order valence-electron chi connectivity index (χ3n) is 2.44. The molecule has 0 bridgehead atoms. The summed E-state index contributed by atoms with van der Waals surface area (Å²) in [6.07, 6.45) is 1.55. The Morgan fingerprint density at radius 2 is 2.36 bits per heavy atom. The molecule has 1 amide bonds. The second kappa shape index (κ2) is 3.33. The van der Waals surface area contributed by atoms with E-state index in [9.17, 15) is 4.79 Å². The van der Waals surface area contributed by atoms with Gasteiger partial charge in [-0.05, 0) is 24.3 Å². The SMILES string of the molecule is NC(=S)C1(C(=O)Nc2ccsc2)CC1. The number of hydrogen-bond donors (Lipinski definition) is 2. The van der Waals surface area contributed by atoms with Gasteiger partial charge in [0.15, 0.2) is 0 Å². The number of hydrogen-bond acceptors (Lipinski definition) is 3. The minimum absolute atomic E-state index is 0.0663. The molecule has 14 heavy (non-hydrogen) atoms. The van der Waals surface area contributed by atoms with Gasteiger partial charge in [-0.2, -0.15) is 11.3 Å². The Morgan fingerprint density at radius 1 is 1.64 bits per heavy atom. The number of amides is 1. The van der Waals surface area contributed by atoms with E-state index < -0.39 is 5.41 Å². The zero-order chi connectivity index (χ0) is 10.2. The number of rotatable bonds is 3. The zero-order valence-electron chi connectivity index (χ0n) is 7.45. The number of anilines is 1. The van der Waals surface area contributed by atoms with Crippen molar-refractivity contribution < 1.29 is 4.79 Å². The fraction of sp³-hybridized carbons (Fsp3) is 0.333. The van der Waals surface area contributed by atoms with E-state index in [4.69, 9.17) is 18.0 Å². The second-order valence-electron chi connectivity index (χ2n) is 3.41. The van der Waals surface area contributed by atoms with Gasteiger partial charge in [0.25, 0.3) is 0 Å². The predicted octanol–water partition coefficient (Wildman–Crippen LogP) is 1.75. The Kier molecular flexibility index (Phi) is 2.28. The molecule has 1 fully saturated rings. The summed E-state index contributed by atoms with van der Waals surface area (Å²) in [6, 6.07) is 1.86. The van der Waals surface area contributed by atoms with Gasteiger partial charge in [-0.25, -0.2) is 0 Å². The van der Waals surface area contributed by atoms with Gasteiger partial charge in [0.1, 0.15) is 0 Å². The molecule has 1 saturated carbocycles. The summed E-state index contributed by atoms with van der Waals surface area (Å²) in [6.45, 7) is 0. The van der Waals surface area contributed by atoms with Crippen molar-refractivity contribution in [2.45, 2.75) is 12.8 Å². The van der Waals surface area contributed by atoms with Crippen molar-refractivity contribution in [1.82, 2.24) is 0 Å². The minimum Gasteiger partial charge on any atom is -0.392 e. The highest BCUT2D eigenvalue weighted by Gasteiger charge is 2.52. The standard InChI is InChI=1S/C9H10N2OS2/c10-7(13)9(2-3-9)8(12)11-6-1-4-14-5-6/h1,4-5H,2-3H2,(H2,10,13)(H,11,12). The van der Waals surface area contributed by atoms with Crippen LogP contribution in [0.5, 0.6) is 0 Å². The first kappa shape index (κ1) is 9.61. The molecular formula is C9H10N2OS2. The van der Waals surface area contributed by atoms with Crippen molar-refractivity contribution in [2.75, 3.05) is 5.32 Å². The Hall–Kier alpha value is -0.940. The van der Waals surface area contributed by atoms with Crippen molar-refractivity contribution in [2.24, 2.45) is 11.1 Å². The first-order valence-electron chi connectivity index (χ1n) is 4.29. The number of thiocarbonyl (C=S) groups is 1. The van der Waals surface area contributed by atoms with Crippen LogP contribution in [0.1, 0.15) is 12.8 Å². The van der Waals surface area contributed by atoms with E-state index in [0.717, 1.165) is 18.5 Å². The van der Waals surface area contributed by atoms with Gasteiger partial charge in [0.2, 0.25) is 5.91 Å². The molecule has 74 valence electrons. The van der Waals surface area contributed by atoms with E-state index in [0.29, 0.717) is 4.99 Å². The van der Waals surface area contributed by atoms with Crippen LogP contribution in [0.25, 0.3) is 0 Å². The third kappa shape index (κ3) is 1.53. The van der Waals surface area contributed by atoms with Crippen LogP contribution < -0.4 is 11.1 Å². The molecule has 0 atom stereocenters. The van der Waals surface area contributed by atoms with Crippen LogP contribution in [-0.2, 0) is 4.79 Å². The first-order chi connectivity index (χ1) is 6.65. The van der Waals surface area contributed by atoms with Gasteiger partial charge >= 0.3 is 0 Å². The smallest absolute Gasteiger partial charge is 0.237 e. The summed E-state index contributed by atoms with van der Waals surface area (Å²) in [5, 5.41) is 6.61. The highest BCUT2D eigenvalue weighted by molar-refractivity contribution is 7.80. The molecule has 0 unspecified atom stereocenters.